The molecule has 0 saturated heterocycles. The third kappa shape index (κ3) is 2.84. The summed E-state index contributed by atoms with van der Waals surface area (Å²) in [5.74, 6) is 0.121. The summed E-state index contributed by atoms with van der Waals surface area (Å²) < 4.78 is 6.80. The van der Waals surface area contributed by atoms with Gasteiger partial charge in [-0.15, -0.1) is 0 Å². The molecule has 1 aromatic heterocycles. The highest BCUT2D eigenvalue weighted by Crippen LogP contribution is 2.26. The van der Waals surface area contributed by atoms with Crippen LogP contribution in [0.3, 0.4) is 0 Å². The van der Waals surface area contributed by atoms with E-state index in [1.54, 1.807) is 13.3 Å². The monoisotopic (exact) mass is 304 g/mol. The third-order valence-electron chi connectivity index (χ3n) is 3.72. The summed E-state index contributed by atoms with van der Waals surface area (Å²) >= 11 is 5.56. The lowest BCUT2D eigenvalue weighted by Gasteiger charge is -2.14. The Bertz CT molecular complexity index is 677. The smallest absolute Gasteiger partial charge is 0.218 e. The number of methoxy groups -OCH3 is 1. The maximum absolute atomic E-state index is 10.2. The van der Waals surface area contributed by atoms with Crippen molar-refractivity contribution in [1.82, 2.24) is 9.78 Å². The van der Waals surface area contributed by atoms with Gasteiger partial charge in [0.1, 0.15) is 0 Å². The Morgan fingerprint density at radius 2 is 2.05 bits per heavy atom. The Kier molecular flexibility index (Phi) is 4.75. The van der Waals surface area contributed by atoms with E-state index in [2.05, 4.69) is 12.0 Å². The van der Waals surface area contributed by atoms with Gasteiger partial charge in [0.05, 0.1) is 23.2 Å². The summed E-state index contributed by atoms with van der Waals surface area (Å²) in [5, 5.41) is 14.3. The first kappa shape index (κ1) is 15.7. The number of hydrogen-bond donors (Lipinski definition) is 1. The average Bonchev–Trinajstić information content (AvgIpc) is 2.84. The van der Waals surface area contributed by atoms with E-state index in [-0.39, 0.29) is 5.88 Å². The second kappa shape index (κ2) is 6.37. The van der Waals surface area contributed by atoms with Gasteiger partial charge in [-0.1, -0.05) is 24.4 Å². The molecule has 2 rings (SSSR count). The van der Waals surface area contributed by atoms with Gasteiger partial charge in [0, 0.05) is 13.7 Å². The number of thiocarbonyl (C=S) groups is 1. The minimum absolute atomic E-state index is 0.121. The number of rotatable bonds is 5. The van der Waals surface area contributed by atoms with E-state index in [1.807, 2.05) is 26.0 Å². The standard InChI is InChI=1S/C16H20N2O2S/c1-5-18-16(19)13(8-17-18)15(21)12-7-6-10(2)14(9-20-4)11(12)3/h6-8,19H,5,9H2,1-4H3. The number of nitrogens with zero attached hydrogens (tertiary/aromatic N) is 2. The lowest BCUT2D eigenvalue weighted by atomic mass is 9.94. The van der Waals surface area contributed by atoms with Gasteiger partial charge in [0.15, 0.2) is 0 Å². The van der Waals surface area contributed by atoms with Crippen molar-refractivity contribution in [2.24, 2.45) is 0 Å². The van der Waals surface area contributed by atoms with Gasteiger partial charge in [-0.2, -0.15) is 5.10 Å². The summed E-state index contributed by atoms with van der Waals surface area (Å²) in [5.41, 5.74) is 4.94. The van der Waals surface area contributed by atoms with Crippen molar-refractivity contribution in [2.75, 3.05) is 7.11 Å². The number of aryl methyl sites for hydroxylation is 2. The molecule has 0 radical (unpaired) electrons. The van der Waals surface area contributed by atoms with E-state index >= 15 is 0 Å². The van der Waals surface area contributed by atoms with Gasteiger partial charge in [0.2, 0.25) is 5.88 Å². The van der Waals surface area contributed by atoms with E-state index in [4.69, 9.17) is 17.0 Å². The van der Waals surface area contributed by atoms with Crippen molar-refractivity contribution in [3.8, 4) is 5.88 Å². The minimum Gasteiger partial charge on any atom is -0.493 e. The molecule has 112 valence electrons. The summed E-state index contributed by atoms with van der Waals surface area (Å²) in [6.07, 6.45) is 1.62. The van der Waals surface area contributed by atoms with Crippen LogP contribution in [0, 0.1) is 13.8 Å². The van der Waals surface area contributed by atoms with Gasteiger partial charge < -0.3 is 9.84 Å². The molecule has 0 unspecified atom stereocenters. The predicted octanol–water partition coefficient (Wildman–Crippen LogP) is 3.14. The fourth-order valence-electron chi connectivity index (χ4n) is 2.42. The van der Waals surface area contributed by atoms with Gasteiger partial charge in [0.25, 0.3) is 0 Å². The maximum atomic E-state index is 10.2. The van der Waals surface area contributed by atoms with Crippen LogP contribution in [0.15, 0.2) is 18.3 Å². The Labute approximate surface area is 130 Å². The van der Waals surface area contributed by atoms with E-state index in [1.165, 1.54) is 10.2 Å². The van der Waals surface area contributed by atoms with Crippen LogP contribution in [-0.2, 0) is 17.9 Å². The Morgan fingerprint density at radius 3 is 2.62 bits per heavy atom. The van der Waals surface area contributed by atoms with Crippen LogP contribution in [0.5, 0.6) is 5.88 Å². The minimum atomic E-state index is 0.121. The van der Waals surface area contributed by atoms with Gasteiger partial charge in [-0.3, -0.25) is 0 Å². The molecule has 2 aromatic rings. The molecule has 0 fully saturated rings. The first-order valence-electron chi connectivity index (χ1n) is 6.88. The topological polar surface area (TPSA) is 47.3 Å². The molecular formula is C16H20N2O2S. The van der Waals surface area contributed by atoms with Crippen LogP contribution < -0.4 is 0 Å². The van der Waals surface area contributed by atoms with Crippen LogP contribution in [0.1, 0.15) is 34.7 Å². The largest absolute Gasteiger partial charge is 0.493 e. The predicted molar refractivity (Wildman–Crippen MR) is 87.0 cm³/mol. The molecule has 0 aliphatic rings. The Balaban J connectivity index is 2.48. The first-order valence-corrected chi connectivity index (χ1v) is 7.29. The molecule has 1 N–H and O–H groups in total. The highest BCUT2D eigenvalue weighted by Gasteiger charge is 2.18. The van der Waals surface area contributed by atoms with Crippen molar-refractivity contribution in [3.63, 3.8) is 0 Å². The molecule has 0 amide bonds. The van der Waals surface area contributed by atoms with Crippen molar-refractivity contribution < 1.29 is 9.84 Å². The van der Waals surface area contributed by atoms with Crippen molar-refractivity contribution in [2.45, 2.75) is 33.9 Å². The van der Waals surface area contributed by atoms with Crippen molar-refractivity contribution in [3.05, 3.63) is 46.1 Å². The van der Waals surface area contributed by atoms with Crippen LogP contribution in [0.4, 0.5) is 0 Å². The molecule has 0 atom stereocenters. The fourth-order valence-corrected chi connectivity index (χ4v) is 2.79. The van der Waals surface area contributed by atoms with E-state index in [9.17, 15) is 5.11 Å². The molecule has 4 nitrogen and oxygen atoms in total. The first-order chi connectivity index (χ1) is 10.0. The third-order valence-corrected chi connectivity index (χ3v) is 4.16. The average molecular weight is 304 g/mol. The zero-order valence-electron chi connectivity index (χ0n) is 12.8. The summed E-state index contributed by atoms with van der Waals surface area (Å²) in [6, 6.07) is 4.03. The number of aromatic nitrogens is 2. The Hall–Kier alpha value is -1.72. The Morgan fingerprint density at radius 1 is 1.33 bits per heavy atom. The molecule has 1 aromatic carbocycles. The molecule has 0 aliphatic carbocycles. The van der Waals surface area contributed by atoms with Crippen LogP contribution >= 0.6 is 12.2 Å². The van der Waals surface area contributed by atoms with E-state index in [0.29, 0.717) is 23.6 Å². The second-order valence-electron chi connectivity index (χ2n) is 4.99. The second-order valence-corrected chi connectivity index (χ2v) is 5.40. The normalized spacial score (nSPS) is 10.9. The van der Waals surface area contributed by atoms with Crippen LogP contribution in [-0.4, -0.2) is 26.9 Å². The zero-order chi connectivity index (χ0) is 15.6. The molecular weight excluding hydrogens is 284 g/mol. The molecule has 1 heterocycles. The fraction of sp³-hybridized carbons (Fsp3) is 0.375. The highest BCUT2D eigenvalue weighted by atomic mass is 32.1. The lowest BCUT2D eigenvalue weighted by molar-refractivity contribution is 0.184. The van der Waals surface area contributed by atoms with Crippen LogP contribution in [0.25, 0.3) is 0 Å². The molecule has 0 saturated carbocycles. The quantitative estimate of drug-likeness (QED) is 0.681. The highest BCUT2D eigenvalue weighted by molar-refractivity contribution is 7.81. The molecule has 0 spiro atoms. The van der Waals surface area contributed by atoms with Crippen molar-refractivity contribution in [1.29, 1.82) is 0 Å². The summed E-state index contributed by atoms with van der Waals surface area (Å²) in [7, 11) is 1.68. The summed E-state index contributed by atoms with van der Waals surface area (Å²) in [6.45, 7) is 7.17. The van der Waals surface area contributed by atoms with Gasteiger partial charge in [-0.25, -0.2) is 4.68 Å². The maximum Gasteiger partial charge on any atom is 0.218 e. The number of ether oxygens (including phenoxy) is 1. The van der Waals surface area contributed by atoms with Gasteiger partial charge in [-0.05, 0) is 43.0 Å². The number of hydrogen-bond acceptors (Lipinski definition) is 4. The number of aromatic hydroxyl groups is 1. The molecule has 0 bridgehead atoms. The molecule has 21 heavy (non-hydrogen) atoms. The van der Waals surface area contributed by atoms with E-state index in [0.717, 1.165) is 16.7 Å². The summed E-state index contributed by atoms with van der Waals surface area (Å²) in [4.78, 5) is 0.613. The van der Waals surface area contributed by atoms with Crippen molar-refractivity contribution >= 4 is 17.1 Å². The van der Waals surface area contributed by atoms with Gasteiger partial charge >= 0.3 is 0 Å². The SMILES string of the molecule is CCn1ncc(C(=S)c2ccc(C)c(COC)c2C)c1O. The molecule has 5 heteroatoms. The molecule has 0 aliphatic heterocycles. The number of benzene rings is 1. The lowest BCUT2D eigenvalue weighted by Crippen LogP contribution is -2.06. The van der Waals surface area contributed by atoms with Crippen LogP contribution in [0.2, 0.25) is 0 Å². The van der Waals surface area contributed by atoms with E-state index < -0.39 is 0 Å². The zero-order valence-corrected chi connectivity index (χ0v) is 13.6.